The first-order chi connectivity index (χ1) is 5.84. The molecular formula is C11H19N. The summed E-state index contributed by atoms with van der Waals surface area (Å²) in [5, 5.41) is 0. The zero-order valence-corrected chi connectivity index (χ0v) is 8.21. The molecule has 0 N–H and O–H groups in total. The maximum absolute atomic E-state index is 4.49. The van der Waals surface area contributed by atoms with Crippen molar-refractivity contribution in [1.82, 2.24) is 0 Å². The summed E-state index contributed by atoms with van der Waals surface area (Å²) in [7, 11) is 0. The summed E-state index contributed by atoms with van der Waals surface area (Å²) < 4.78 is 0. The molecule has 1 aliphatic rings. The van der Waals surface area contributed by atoms with Crippen LogP contribution in [0.2, 0.25) is 0 Å². The summed E-state index contributed by atoms with van der Waals surface area (Å²) in [5.74, 6) is 0.722. The summed E-state index contributed by atoms with van der Waals surface area (Å²) in [4.78, 5) is 4.49. The monoisotopic (exact) mass is 165 g/mol. The molecular weight excluding hydrogens is 146 g/mol. The molecule has 0 amide bonds. The Balaban J connectivity index is 2.47. The molecule has 0 aromatic rings. The van der Waals surface area contributed by atoms with Gasteiger partial charge in [0.15, 0.2) is 0 Å². The molecule has 1 heteroatoms. The van der Waals surface area contributed by atoms with Crippen LogP contribution in [0.25, 0.3) is 0 Å². The average molecular weight is 165 g/mol. The highest BCUT2D eigenvalue weighted by Crippen LogP contribution is 2.21. The Kier molecular flexibility index (Phi) is 4.06. The van der Waals surface area contributed by atoms with Crippen molar-refractivity contribution in [1.29, 1.82) is 0 Å². The fraction of sp³-hybridized carbons (Fsp3) is 0.727. The van der Waals surface area contributed by atoms with Crippen LogP contribution in [-0.4, -0.2) is 5.71 Å². The van der Waals surface area contributed by atoms with Crippen molar-refractivity contribution in [3.63, 3.8) is 0 Å². The van der Waals surface area contributed by atoms with Crippen LogP contribution < -0.4 is 0 Å². The number of hydrogen-bond acceptors (Lipinski definition) is 1. The first kappa shape index (κ1) is 9.50. The molecule has 1 unspecified atom stereocenters. The Labute approximate surface area is 75.6 Å². The highest BCUT2D eigenvalue weighted by atomic mass is 14.7. The second-order valence-corrected chi connectivity index (χ2v) is 3.56. The van der Waals surface area contributed by atoms with Gasteiger partial charge < -0.3 is 0 Å². The van der Waals surface area contributed by atoms with Crippen molar-refractivity contribution in [3.05, 3.63) is 12.3 Å². The van der Waals surface area contributed by atoms with E-state index in [0.717, 1.165) is 12.3 Å². The Morgan fingerprint density at radius 1 is 1.50 bits per heavy atom. The van der Waals surface area contributed by atoms with Crippen LogP contribution in [0.15, 0.2) is 17.3 Å². The highest BCUT2D eigenvalue weighted by Gasteiger charge is 2.14. The summed E-state index contributed by atoms with van der Waals surface area (Å²) in [5.41, 5.74) is 1.41. The molecule has 12 heavy (non-hydrogen) atoms. The fourth-order valence-corrected chi connectivity index (χ4v) is 1.62. The standard InChI is InChI=1S/C11H19N/c1-3-4-9-12-11-8-6-5-7-10(11)2/h4,9-10H,3,5-8H2,1-2H3/b9-4-,12-11+. The van der Waals surface area contributed by atoms with Crippen LogP contribution in [0.5, 0.6) is 0 Å². The van der Waals surface area contributed by atoms with Crippen LogP contribution >= 0.6 is 0 Å². The molecule has 1 rings (SSSR count). The molecule has 1 fully saturated rings. The molecule has 0 aromatic carbocycles. The predicted molar refractivity (Wildman–Crippen MR) is 54.5 cm³/mol. The van der Waals surface area contributed by atoms with E-state index in [0.29, 0.717) is 0 Å². The molecule has 0 aliphatic heterocycles. The molecule has 0 heterocycles. The van der Waals surface area contributed by atoms with Crippen LogP contribution in [0.3, 0.4) is 0 Å². The second-order valence-electron chi connectivity index (χ2n) is 3.56. The van der Waals surface area contributed by atoms with Gasteiger partial charge in [-0.15, -0.1) is 0 Å². The van der Waals surface area contributed by atoms with E-state index >= 15 is 0 Å². The SMILES string of the molecule is CC/C=C\N=C1/CCCCC1C. The van der Waals surface area contributed by atoms with E-state index in [4.69, 9.17) is 0 Å². The number of hydrogen-bond donors (Lipinski definition) is 0. The fourth-order valence-electron chi connectivity index (χ4n) is 1.62. The van der Waals surface area contributed by atoms with Crippen LogP contribution in [0.1, 0.15) is 46.0 Å². The Morgan fingerprint density at radius 2 is 2.33 bits per heavy atom. The third-order valence-electron chi connectivity index (χ3n) is 2.47. The van der Waals surface area contributed by atoms with Crippen molar-refractivity contribution in [2.75, 3.05) is 0 Å². The van der Waals surface area contributed by atoms with E-state index in [-0.39, 0.29) is 0 Å². The average Bonchev–Trinajstić information content (AvgIpc) is 2.09. The van der Waals surface area contributed by atoms with Crippen molar-refractivity contribution in [2.45, 2.75) is 46.0 Å². The van der Waals surface area contributed by atoms with Crippen LogP contribution in [0, 0.1) is 5.92 Å². The summed E-state index contributed by atoms with van der Waals surface area (Å²) in [6, 6.07) is 0. The van der Waals surface area contributed by atoms with E-state index in [1.807, 2.05) is 6.20 Å². The Morgan fingerprint density at radius 3 is 3.00 bits per heavy atom. The van der Waals surface area contributed by atoms with Gasteiger partial charge in [0.05, 0.1) is 0 Å². The van der Waals surface area contributed by atoms with Crippen molar-refractivity contribution < 1.29 is 0 Å². The number of nitrogens with zero attached hydrogens (tertiary/aromatic N) is 1. The van der Waals surface area contributed by atoms with Crippen LogP contribution in [0.4, 0.5) is 0 Å². The zero-order valence-electron chi connectivity index (χ0n) is 8.21. The molecule has 1 saturated carbocycles. The first-order valence-corrected chi connectivity index (χ1v) is 5.06. The molecule has 0 radical (unpaired) electrons. The third-order valence-corrected chi connectivity index (χ3v) is 2.47. The van der Waals surface area contributed by atoms with E-state index < -0.39 is 0 Å². The minimum Gasteiger partial charge on any atom is -0.266 e. The number of aliphatic imine (C=N–C) groups is 1. The van der Waals surface area contributed by atoms with Gasteiger partial charge in [-0.05, 0) is 31.6 Å². The molecule has 0 spiro atoms. The molecule has 1 aliphatic carbocycles. The number of allylic oxidation sites excluding steroid dienone is 1. The summed E-state index contributed by atoms with van der Waals surface area (Å²) >= 11 is 0. The minimum absolute atomic E-state index is 0.722. The normalized spacial score (nSPS) is 28.5. The molecule has 1 nitrogen and oxygen atoms in total. The van der Waals surface area contributed by atoms with Gasteiger partial charge in [0, 0.05) is 11.9 Å². The van der Waals surface area contributed by atoms with E-state index in [1.165, 1.54) is 31.4 Å². The molecule has 0 saturated heterocycles. The van der Waals surface area contributed by atoms with Crippen molar-refractivity contribution in [2.24, 2.45) is 10.9 Å². The van der Waals surface area contributed by atoms with E-state index in [2.05, 4.69) is 24.9 Å². The highest BCUT2D eigenvalue weighted by molar-refractivity contribution is 5.87. The third kappa shape index (κ3) is 2.80. The predicted octanol–water partition coefficient (Wildman–Crippen LogP) is 3.56. The Bertz CT molecular complexity index is 179. The van der Waals surface area contributed by atoms with E-state index in [1.54, 1.807) is 0 Å². The van der Waals surface area contributed by atoms with Gasteiger partial charge in [0.25, 0.3) is 0 Å². The topological polar surface area (TPSA) is 12.4 Å². The lowest BCUT2D eigenvalue weighted by molar-refractivity contribution is 0.559. The zero-order chi connectivity index (χ0) is 8.81. The lowest BCUT2D eigenvalue weighted by Crippen LogP contribution is -2.15. The molecule has 1 atom stereocenters. The smallest absolute Gasteiger partial charge is 0.0227 e. The largest absolute Gasteiger partial charge is 0.266 e. The molecule has 68 valence electrons. The summed E-state index contributed by atoms with van der Waals surface area (Å²) in [6.07, 6.45) is 10.4. The maximum atomic E-state index is 4.49. The quantitative estimate of drug-likeness (QED) is 0.593. The first-order valence-electron chi connectivity index (χ1n) is 5.06. The van der Waals surface area contributed by atoms with Crippen molar-refractivity contribution in [3.8, 4) is 0 Å². The van der Waals surface area contributed by atoms with Gasteiger partial charge in [0.1, 0.15) is 0 Å². The van der Waals surface area contributed by atoms with Gasteiger partial charge in [0.2, 0.25) is 0 Å². The lowest BCUT2D eigenvalue weighted by atomic mass is 9.89. The van der Waals surface area contributed by atoms with Gasteiger partial charge in [-0.25, -0.2) is 0 Å². The minimum atomic E-state index is 0.722. The molecule has 0 bridgehead atoms. The van der Waals surface area contributed by atoms with Gasteiger partial charge in [-0.3, -0.25) is 4.99 Å². The van der Waals surface area contributed by atoms with E-state index in [9.17, 15) is 0 Å². The maximum Gasteiger partial charge on any atom is 0.0227 e. The van der Waals surface area contributed by atoms with Gasteiger partial charge in [-0.2, -0.15) is 0 Å². The molecule has 0 aromatic heterocycles. The van der Waals surface area contributed by atoms with Gasteiger partial charge >= 0.3 is 0 Å². The second kappa shape index (κ2) is 5.13. The van der Waals surface area contributed by atoms with Gasteiger partial charge in [-0.1, -0.05) is 26.3 Å². The lowest BCUT2D eigenvalue weighted by Gasteiger charge is -2.19. The van der Waals surface area contributed by atoms with Crippen LogP contribution in [-0.2, 0) is 0 Å². The van der Waals surface area contributed by atoms with Crippen molar-refractivity contribution >= 4 is 5.71 Å². The summed E-state index contributed by atoms with van der Waals surface area (Å²) in [6.45, 7) is 4.43. The number of rotatable bonds is 2. The Hall–Kier alpha value is -0.590.